The van der Waals surface area contributed by atoms with Crippen LogP contribution >= 0.6 is 11.6 Å². The Morgan fingerprint density at radius 3 is 3.00 bits per heavy atom. The molecule has 0 aliphatic heterocycles. The van der Waals surface area contributed by atoms with Crippen LogP contribution in [0, 0.1) is 11.8 Å². The molecular formula is C16H15ClN2O2. The maximum absolute atomic E-state index is 11.2. The van der Waals surface area contributed by atoms with E-state index in [-0.39, 0.29) is 19.1 Å². The minimum atomic E-state index is -0.551. The number of halogens is 1. The molecule has 1 amide bonds. The van der Waals surface area contributed by atoms with Gasteiger partial charge in [-0.2, -0.15) is 0 Å². The van der Waals surface area contributed by atoms with Gasteiger partial charge in [0.1, 0.15) is 23.3 Å². The zero-order chi connectivity index (χ0) is 15.1. The molecule has 2 rings (SSSR count). The summed E-state index contributed by atoms with van der Waals surface area (Å²) in [5.41, 5.74) is 0.811. The molecule has 0 saturated carbocycles. The molecule has 2 aromatic rings. The minimum Gasteiger partial charge on any atom is -0.479 e. The highest BCUT2D eigenvalue weighted by Gasteiger charge is 2.06. The Hall–Kier alpha value is -2.25. The summed E-state index contributed by atoms with van der Waals surface area (Å²) in [6, 6.07) is 9.60. The molecule has 1 atom stereocenters. The molecule has 5 heteroatoms. The summed E-state index contributed by atoms with van der Waals surface area (Å²) in [5.74, 6) is 6.10. The van der Waals surface area contributed by atoms with Crippen LogP contribution < -0.4 is 10.1 Å². The summed E-state index contributed by atoms with van der Waals surface area (Å²) < 4.78 is 5.60. The molecular weight excluding hydrogens is 288 g/mol. The molecule has 1 unspecified atom stereocenters. The summed E-state index contributed by atoms with van der Waals surface area (Å²) in [4.78, 5) is 15.5. The highest BCUT2D eigenvalue weighted by molar-refractivity contribution is 6.30. The summed E-state index contributed by atoms with van der Waals surface area (Å²) in [7, 11) is 0. The van der Waals surface area contributed by atoms with Crippen molar-refractivity contribution in [2.45, 2.75) is 12.3 Å². The number of alkyl halides is 1. The Kier molecular flexibility index (Phi) is 5.42. The van der Waals surface area contributed by atoms with E-state index in [9.17, 15) is 4.79 Å². The molecule has 21 heavy (non-hydrogen) atoms. The zero-order valence-electron chi connectivity index (χ0n) is 11.6. The van der Waals surface area contributed by atoms with Crippen molar-refractivity contribution in [1.82, 2.24) is 10.3 Å². The summed E-state index contributed by atoms with van der Waals surface area (Å²) in [6.07, 6.45) is 1.73. The van der Waals surface area contributed by atoms with Crippen molar-refractivity contribution >= 4 is 28.4 Å². The number of ether oxygens (including phenoxy) is 1. The van der Waals surface area contributed by atoms with Crippen LogP contribution in [-0.4, -0.2) is 29.4 Å². The van der Waals surface area contributed by atoms with Crippen LogP contribution in [0.15, 0.2) is 36.5 Å². The maximum atomic E-state index is 11.2. The number of pyridine rings is 1. The van der Waals surface area contributed by atoms with E-state index in [1.807, 2.05) is 30.3 Å². The Morgan fingerprint density at radius 2 is 2.19 bits per heavy atom. The summed E-state index contributed by atoms with van der Waals surface area (Å²) in [6.45, 7) is 2.11. The van der Waals surface area contributed by atoms with E-state index in [2.05, 4.69) is 22.1 Å². The Morgan fingerprint density at radius 1 is 1.38 bits per heavy atom. The molecule has 1 N–H and O–H groups in total. The van der Waals surface area contributed by atoms with E-state index in [1.54, 1.807) is 13.1 Å². The molecule has 0 saturated heterocycles. The molecule has 1 aromatic heterocycles. The topological polar surface area (TPSA) is 51.2 Å². The first kappa shape index (κ1) is 15.1. The fourth-order valence-corrected chi connectivity index (χ4v) is 1.77. The maximum Gasteiger partial charge on any atom is 0.238 e. The average Bonchev–Trinajstić information content (AvgIpc) is 2.50. The fraction of sp³-hybridized carbons (Fsp3) is 0.250. The summed E-state index contributed by atoms with van der Waals surface area (Å²) in [5, 5.41) is 3.07. The van der Waals surface area contributed by atoms with Crippen LogP contribution in [0.3, 0.4) is 0 Å². The number of para-hydroxylation sites is 1. The van der Waals surface area contributed by atoms with Crippen molar-refractivity contribution in [3.63, 3.8) is 0 Å². The molecule has 0 bridgehead atoms. The molecule has 0 spiro atoms. The van der Waals surface area contributed by atoms with Gasteiger partial charge in [-0.3, -0.25) is 9.78 Å². The lowest BCUT2D eigenvalue weighted by atomic mass is 10.2. The van der Waals surface area contributed by atoms with Crippen molar-refractivity contribution < 1.29 is 9.53 Å². The quantitative estimate of drug-likeness (QED) is 0.697. The van der Waals surface area contributed by atoms with Crippen LogP contribution in [0.2, 0.25) is 0 Å². The van der Waals surface area contributed by atoms with Gasteiger partial charge in [0.15, 0.2) is 0 Å². The van der Waals surface area contributed by atoms with Gasteiger partial charge in [-0.05, 0) is 19.1 Å². The lowest BCUT2D eigenvalue weighted by molar-refractivity contribution is -0.120. The smallest absolute Gasteiger partial charge is 0.238 e. The van der Waals surface area contributed by atoms with Crippen molar-refractivity contribution in [1.29, 1.82) is 0 Å². The van der Waals surface area contributed by atoms with Gasteiger partial charge in [-0.15, -0.1) is 11.6 Å². The van der Waals surface area contributed by atoms with E-state index < -0.39 is 5.38 Å². The Balaban J connectivity index is 1.87. The third-order valence-electron chi connectivity index (χ3n) is 2.73. The predicted molar refractivity (Wildman–Crippen MR) is 83.3 cm³/mol. The van der Waals surface area contributed by atoms with E-state index in [0.717, 1.165) is 10.9 Å². The number of aromatic nitrogens is 1. The van der Waals surface area contributed by atoms with Crippen molar-refractivity contribution in [3.05, 3.63) is 36.5 Å². The number of nitrogens with one attached hydrogen (secondary N) is 1. The molecule has 0 radical (unpaired) electrons. The lowest BCUT2D eigenvalue weighted by Gasteiger charge is -2.05. The van der Waals surface area contributed by atoms with Crippen LogP contribution in [0.1, 0.15) is 6.92 Å². The number of fused-ring (bicyclic) bond motifs is 1. The first-order valence-electron chi connectivity index (χ1n) is 6.52. The van der Waals surface area contributed by atoms with E-state index in [1.165, 1.54) is 0 Å². The molecule has 1 aromatic carbocycles. The molecule has 0 fully saturated rings. The number of nitrogens with zero attached hydrogens (tertiary/aromatic N) is 1. The molecule has 0 aliphatic carbocycles. The highest BCUT2D eigenvalue weighted by atomic mass is 35.5. The van der Waals surface area contributed by atoms with Crippen molar-refractivity contribution in [2.75, 3.05) is 13.2 Å². The highest BCUT2D eigenvalue weighted by Crippen LogP contribution is 2.22. The first-order valence-corrected chi connectivity index (χ1v) is 6.96. The minimum absolute atomic E-state index is 0.231. The number of amides is 1. The standard InChI is InChI=1S/C16H15ClN2O2/c1-12(17)16(20)19-9-2-3-11-21-14-8-4-6-13-7-5-10-18-15(13)14/h4-8,10,12H,9,11H2,1H3,(H,19,20). The van der Waals surface area contributed by atoms with Crippen molar-refractivity contribution in [3.8, 4) is 17.6 Å². The van der Waals surface area contributed by atoms with Crippen LogP contribution in [0.25, 0.3) is 10.9 Å². The molecule has 0 aliphatic rings. The Bertz CT molecular complexity index is 684. The van der Waals surface area contributed by atoms with Crippen molar-refractivity contribution in [2.24, 2.45) is 0 Å². The van der Waals surface area contributed by atoms with Crippen LogP contribution in [0.4, 0.5) is 0 Å². The van der Waals surface area contributed by atoms with Gasteiger partial charge in [-0.25, -0.2) is 0 Å². The molecule has 4 nitrogen and oxygen atoms in total. The lowest BCUT2D eigenvalue weighted by Crippen LogP contribution is -2.29. The first-order chi connectivity index (χ1) is 10.2. The van der Waals surface area contributed by atoms with Gasteiger partial charge in [-0.1, -0.05) is 30.0 Å². The Labute approximate surface area is 128 Å². The largest absolute Gasteiger partial charge is 0.479 e. The van der Waals surface area contributed by atoms with Gasteiger partial charge in [0.25, 0.3) is 0 Å². The molecule has 1 heterocycles. The van der Waals surface area contributed by atoms with E-state index in [0.29, 0.717) is 5.75 Å². The third-order valence-corrected chi connectivity index (χ3v) is 2.93. The third kappa shape index (κ3) is 4.37. The van der Waals surface area contributed by atoms with Crippen LogP contribution in [0.5, 0.6) is 5.75 Å². The number of rotatable bonds is 4. The number of carbonyl (C=O) groups excluding carboxylic acids is 1. The second kappa shape index (κ2) is 7.51. The second-order valence-electron chi connectivity index (χ2n) is 4.31. The number of hydrogen-bond donors (Lipinski definition) is 1. The predicted octanol–water partition coefficient (Wildman–Crippen LogP) is 2.36. The van der Waals surface area contributed by atoms with Gasteiger partial charge in [0, 0.05) is 11.6 Å². The summed E-state index contributed by atoms with van der Waals surface area (Å²) >= 11 is 5.61. The van der Waals surface area contributed by atoms with Gasteiger partial charge < -0.3 is 10.1 Å². The fourth-order valence-electron chi connectivity index (χ4n) is 1.69. The zero-order valence-corrected chi connectivity index (χ0v) is 12.4. The van der Waals surface area contributed by atoms with Gasteiger partial charge in [0.2, 0.25) is 5.91 Å². The van der Waals surface area contributed by atoms with Crippen LogP contribution in [-0.2, 0) is 4.79 Å². The normalized spacial score (nSPS) is 11.3. The SMILES string of the molecule is CC(Cl)C(=O)NCC#CCOc1cccc2cccnc12. The van der Waals surface area contributed by atoms with E-state index >= 15 is 0 Å². The van der Waals surface area contributed by atoms with Gasteiger partial charge in [0.05, 0.1) is 6.54 Å². The second-order valence-corrected chi connectivity index (χ2v) is 4.96. The number of hydrogen-bond acceptors (Lipinski definition) is 3. The number of benzene rings is 1. The monoisotopic (exact) mass is 302 g/mol. The molecule has 108 valence electrons. The van der Waals surface area contributed by atoms with E-state index in [4.69, 9.17) is 16.3 Å². The van der Waals surface area contributed by atoms with Gasteiger partial charge >= 0.3 is 0 Å². The number of carbonyl (C=O) groups is 1. The average molecular weight is 303 g/mol.